The molecule has 15 heavy (non-hydrogen) atoms. The highest BCUT2D eigenvalue weighted by Crippen LogP contribution is 2.15. The number of furan rings is 1. The molecular weight excluding hydrogens is 198 g/mol. The minimum Gasteiger partial charge on any atom is -0.475 e. The molecule has 0 aliphatic carbocycles. The van der Waals surface area contributed by atoms with Crippen molar-refractivity contribution in [1.82, 2.24) is 0 Å². The Hall–Kier alpha value is -1.78. The van der Waals surface area contributed by atoms with E-state index >= 15 is 0 Å². The molecule has 0 aliphatic heterocycles. The van der Waals surface area contributed by atoms with E-state index in [9.17, 15) is 4.79 Å². The van der Waals surface area contributed by atoms with Crippen LogP contribution in [-0.4, -0.2) is 16.8 Å². The molecule has 0 saturated carbocycles. The van der Waals surface area contributed by atoms with Gasteiger partial charge in [-0.15, -0.1) is 0 Å². The normalized spacial score (nSPS) is 9.80. The fourth-order valence-corrected chi connectivity index (χ4v) is 1.06. The van der Waals surface area contributed by atoms with Crippen molar-refractivity contribution in [3.8, 4) is 0 Å². The summed E-state index contributed by atoms with van der Waals surface area (Å²) < 4.78 is 5.06. The van der Waals surface area contributed by atoms with Gasteiger partial charge in [0.15, 0.2) is 6.61 Å². The van der Waals surface area contributed by atoms with Gasteiger partial charge in [-0.2, -0.15) is 0 Å². The minimum atomic E-state index is -1.08. The molecule has 0 aromatic carbocycles. The highest BCUT2D eigenvalue weighted by Gasteiger charge is 2.14. The predicted octanol–water partition coefficient (Wildman–Crippen LogP) is 2.20. The summed E-state index contributed by atoms with van der Waals surface area (Å²) in [7, 11) is 0. The lowest BCUT2D eigenvalue weighted by atomic mass is 10.3. The monoisotopic (exact) mass is 211 g/mol. The summed E-state index contributed by atoms with van der Waals surface area (Å²) in [5.41, 5.74) is 1.37. The predicted molar refractivity (Wildman–Crippen MR) is 54.0 cm³/mol. The number of rotatable bonds is 4. The van der Waals surface area contributed by atoms with Crippen LogP contribution < -0.4 is 0 Å². The number of carboxylic acids is 1. The molecule has 0 atom stereocenters. The van der Waals surface area contributed by atoms with E-state index in [4.69, 9.17) is 14.4 Å². The molecule has 82 valence electrons. The second-order valence-corrected chi connectivity index (χ2v) is 3.34. The van der Waals surface area contributed by atoms with Crippen LogP contribution in [0.25, 0.3) is 0 Å². The van der Waals surface area contributed by atoms with E-state index in [-0.39, 0.29) is 12.4 Å². The fraction of sp³-hybridized carbons (Fsp3) is 0.400. The van der Waals surface area contributed by atoms with Crippen molar-refractivity contribution in [2.45, 2.75) is 27.4 Å². The van der Waals surface area contributed by atoms with Crippen LogP contribution in [0.4, 0.5) is 0 Å². The second-order valence-electron chi connectivity index (χ2n) is 3.34. The first-order chi connectivity index (χ1) is 7.00. The van der Waals surface area contributed by atoms with Crippen LogP contribution in [0, 0.1) is 6.92 Å². The van der Waals surface area contributed by atoms with Crippen molar-refractivity contribution in [3.63, 3.8) is 0 Å². The van der Waals surface area contributed by atoms with Crippen LogP contribution >= 0.6 is 0 Å². The molecule has 5 nitrogen and oxygen atoms in total. The van der Waals surface area contributed by atoms with E-state index < -0.39 is 5.97 Å². The molecule has 0 spiro atoms. The van der Waals surface area contributed by atoms with Gasteiger partial charge in [-0.25, -0.2) is 4.79 Å². The van der Waals surface area contributed by atoms with Gasteiger partial charge in [0.25, 0.3) is 0 Å². The Morgan fingerprint density at radius 1 is 1.60 bits per heavy atom. The molecule has 1 heterocycles. The van der Waals surface area contributed by atoms with E-state index in [2.05, 4.69) is 5.16 Å². The largest absolute Gasteiger partial charge is 0.475 e. The van der Waals surface area contributed by atoms with Gasteiger partial charge in [0.05, 0.1) is 5.71 Å². The number of aryl methyl sites for hydroxylation is 1. The Morgan fingerprint density at radius 3 is 2.73 bits per heavy atom. The lowest BCUT2D eigenvalue weighted by Crippen LogP contribution is -1.95. The van der Waals surface area contributed by atoms with Crippen LogP contribution in [0.2, 0.25) is 0 Å². The number of oxime groups is 1. The average Bonchev–Trinajstić information content (AvgIpc) is 2.46. The number of hydrogen-bond donors (Lipinski definition) is 1. The molecule has 0 bridgehead atoms. The van der Waals surface area contributed by atoms with E-state index in [1.807, 2.05) is 0 Å². The second kappa shape index (κ2) is 4.63. The van der Waals surface area contributed by atoms with Gasteiger partial charge in [0.2, 0.25) is 5.76 Å². The smallest absolute Gasteiger partial charge is 0.372 e. The summed E-state index contributed by atoms with van der Waals surface area (Å²) in [4.78, 5) is 15.6. The molecule has 1 aromatic rings. The maximum absolute atomic E-state index is 10.7. The van der Waals surface area contributed by atoms with Gasteiger partial charge >= 0.3 is 5.97 Å². The maximum atomic E-state index is 10.7. The molecule has 0 aliphatic rings. The van der Waals surface area contributed by atoms with Crippen LogP contribution in [0.3, 0.4) is 0 Å². The molecule has 1 rings (SSSR count). The van der Waals surface area contributed by atoms with Crippen molar-refractivity contribution in [1.29, 1.82) is 0 Å². The van der Waals surface area contributed by atoms with Gasteiger partial charge in [-0.05, 0) is 26.8 Å². The van der Waals surface area contributed by atoms with E-state index in [1.165, 1.54) is 0 Å². The Morgan fingerprint density at radius 2 is 2.27 bits per heavy atom. The van der Waals surface area contributed by atoms with Crippen molar-refractivity contribution in [2.75, 3.05) is 0 Å². The molecular formula is C10H13NO4. The Kier molecular flexibility index (Phi) is 3.49. The third kappa shape index (κ3) is 3.12. The highest BCUT2D eigenvalue weighted by molar-refractivity contribution is 5.86. The van der Waals surface area contributed by atoms with E-state index in [1.54, 1.807) is 26.8 Å². The van der Waals surface area contributed by atoms with Gasteiger partial charge in [-0.3, -0.25) is 0 Å². The highest BCUT2D eigenvalue weighted by atomic mass is 16.6. The molecule has 1 aromatic heterocycles. The van der Waals surface area contributed by atoms with Crippen molar-refractivity contribution in [3.05, 3.63) is 23.2 Å². The molecule has 0 saturated heterocycles. The van der Waals surface area contributed by atoms with Crippen LogP contribution in [-0.2, 0) is 11.4 Å². The summed E-state index contributed by atoms with van der Waals surface area (Å²) in [6, 6.07) is 1.63. The molecule has 0 radical (unpaired) electrons. The van der Waals surface area contributed by atoms with Gasteiger partial charge in [0.1, 0.15) is 5.76 Å². The quantitative estimate of drug-likeness (QED) is 0.612. The van der Waals surface area contributed by atoms with Crippen molar-refractivity contribution in [2.24, 2.45) is 5.16 Å². The third-order valence-corrected chi connectivity index (χ3v) is 1.62. The lowest BCUT2D eigenvalue weighted by molar-refractivity contribution is 0.0647. The lowest BCUT2D eigenvalue weighted by Gasteiger charge is -1.95. The van der Waals surface area contributed by atoms with Gasteiger partial charge in [0, 0.05) is 5.56 Å². The van der Waals surface area contributed by atoms with E-state index in [0.29, 0.717) is 11.3 Å². The third-order valence-electron chi connectivity index (χ3n) is 1.62. The number of carbonyl (C=O) groups is 1. The molecule has 1 N–H and O–H groups in total. The Bertz CT molecular complexity index is 388. The van der Waals surface area contributed by atoms with Crippen LogP contribution in [0.1, 0.15) is 35.7 Å². The Labute approximate surface area is 87.3 Å². The van der Waals surface area contributed by atoms with Crippen LogP contribution in [0.5, 0.6) is 0 Å². The van der Waals surface area contributed by atoms with Crippen molar-refractivity contribution >= 4 is 11.7 Å². The first kappa shape index (κ1) is 11.3. The first-order valence-corrected chi connectivity index (χ1v) is 4.46. The SMILES string of the molecule is CC(C)=NOCc1cc(C)c(C(=O)O)o1. The van der Waals surface area contributed by atoms with Crippen LogP contribution in [0.15, 0.2) is 15.6 Å². The topological polar surface area (TPSA) is 72.0 Å². The zero-order valence-electron chi connectivity index (χ0n) is 8.90. The summed E-state index contributed by atoms with van der Waals surface area (Å²) in [5.74, 6) is -0.672. The number of aromatic carboxylic acids is 1. The zero-order chi connectivity index (χ0) is 11.4. The number of carboxylic acid groups (broad SMARTS) is 1. The first-order valence-electron chi connectivity index (χ1n) is 4.46. The number of nitrogens with zero attached hydrogens (tertiary/aromatic N) is 1. The summed E-state index contributed by atoms with van der Waals surface area (Å²) >= 11 is 0. The average molecular weight is 211 g/mol. The summed E-state index contributed by atoms with van der Waals surface area (Å²) in [6.45, 7) is 5.41. The fourth-order valence-electron chi connectivity index (χ4n) is 1.06. The molecule has 0 unspecified atom stereocenters. The molecule has 5 heteroatoms. The summed E-state index contributed by atoms with van der Waals surface area (Å²) in [6.07, 6.45) is 0. The zero-order valence-corrected chi connectivity index (χ0v) is 8.90. The van der Waals surface area contributed by atoms with E-state index in [0.717, 1.165) is 5.71 Å². The Balaban J connectivity index is 2.68. The molecule has 0 amide bonds. The minimum absolute atomic E-state index is 0.0502. The van der Waals surface area contributed by atoms with Crippen molar-refractivity contribution < 1.29 is 19.2 Å². The standard InChI is InChI=1S/C10H13NO4/c1-6(2)11-14-5-8-4-7(3)9(15-8)10(12)13/h4H,5H2,1-3H3,(H,12,13). The summed E-state index contributed by atoms with van der Waals surface area (Å²) in [5, 5.41) is 12.4. The van der Waals surface area contributed by atoms with Gasteiger partial charge < -0.3 is 14.4 Å². The van der Waals surface area contributed by atoms with Gasteiger partial charge in [-0.1, -0.05) is 5.16 Å². The molecule has 0 fully saturated rings. The maximum Gasteiger partial charge on any atom is 0.372 e. The number of hydrogen-bond acceptors (Lipinski definition) is 4.